The van der Waals surface area contributed by atoms with E-state index < -0.39 is 29.6 Å². The molecule has 2 saturated heterocycles. The van der Waals surface area contributed by atoms with Crippen molar-refractivity contribution in [2.45, 2.75) is 87.2 Å². The molecule has 2 fully saturated rings. The molecule has 62 heavy (non-hydrogen) atoms. The molecule has 4 unspecified atom stereocenters. The summed E-state index contributed by atoms with van der Waals surface area (Å²) in [6, 6.07) is 28.8. The van der Waals surface area contributed by atoms with Crippen LogP contribution in [-0.2, 0) is 36.5 Å². The van der Waals surface area contributed by atoms with Crippen molar-refractivity contribution in [3.63, 3.8) is 0 Å². The van der Waals surface area contributed by atoms with Gasteiger partial charge in [-0.15, -0.1) is 0 Å². The van der Waals surface area contributed by atoms with E-state index >= 15 is 8.78 Å². The molecule has 9 heteroatoms. The van der Waals surface area contributed by atoms with Gasteiger partial charge in [0.2, 0.25) is 5.78 Å². The molecule has 0 amide bonds. The minimum Gasteiger partial charge on any atom is -0.388 e. The average Bonchev–Trinajstić information content (AvgIpc) is 4.16. The standard InChI is InChI=1S/C53H48F2N4O3/c54-35-23-45(58-19-17-52(29-58)25-47(60)41-21-33(13-15-43(41)52)39-11-3-7-31-5-1-9-37(31)39)49(56-27-35)51(62)50-46(24-36(55)28-57-50)59-20-18-53(30-59)26-48(61)42-22-34(14-16-44(42)53)40-12-4-8-32-6-2-10-38(32)40/h3-4,7-8,11-16,21-24,27-28,47-48,60-61H,1-2,5-6,9-10,17-20,25-26,29-30H2. The third-order valence-corrected chi connectivity index (χ3v) is 15.5. The number of benzene rings is 4. The zero-order valence-corrected chi connectivity index (χ0v) is 34.6. The Morgan fingerprint density at radius 2 is 1.08 bits per heavy atom. The number of ketones is 1. The molecule has 0 bridgehead atoms. The topological polar surface area (TPSA) is 89.8 Å². The fourth-order valence-corrected chi connectivity index (χ4v) is 12.7. The van der Waals surface area contributed by atoms with Crippen LogP contribution in [0.15, 0.2) is 97.3 Å². The van der Waals surface area contributed by atoms with Crippen LogP contribution in [0.3, 0.4) is 0 Å². The van der Waals surface area contributed by atoms with Crippen molar-refractivity contribution in [2.24, 2.45) is 0 Å². The molecule has 2 spiro atoms. The summed E-state index contributed by atoms with van der Waals surface area (Å²) >= 11 is 0. The van der Waals surface area contributed by atoms with E-state index in [9.17, 15) is 15.0 Å². The van der Waals surface area contributed by atoms with E-state index in [4.69, 9.17) is 0 Å². The maximum absolute atomic E-state index is 15.2. The van der Waals surface area contributed by atoms with Gasteiger partial charge in [0.05, 0.1) is 36.0 Å². The third-order valence-electron chi connectivity index (χ3n) is 15.5. The molecule has 2 N–H and O–H groups in total. The molecule has 0 saturated carbocycles. The first-order valence-electron chi connectivity index (χ1n) is 22.4. The Labute approximate surface area is 360 Å². The first-order valence-corrected chi connectivity index (χ1v) is 22.4. The van der Waals surface area contributed by atoms with Crippen molar-refractivity contribution in [3.8, 4) is 22.3 Å². The van der Waals surface area contributed by atoms with Gasteiger partial charge >= 0.3 is 0 Å². The second-order valence-electron chi connectivity index (χ2n) is 18.9. The molecule has 4 atom stereocenters. The molecule has 2 aromatic heterocycles. The first kappa shape index (κ1) is 37.9. The fraction of sp³-hybridized carbons (Fsp3) is 0.340. The van der Waals surface area contributed by atoms with Gasteiger partial charge in [-0.2, -0.15) is 0 Å². The Balaban J connectivity index is 0.832. The highest BCUT2D eigenvalue weighted by Crippen LogP contribution is 2.54. The minimum absolute atomic E-state index is 0.0614. The van der Waals surface area contributed by atoms with Crippen LogP contribution in [0.5, 0.6) is 0 Å². The van der Waals surface area contributed by atoms with Crippen molar-refractivity contribution in [2.75, 3.05) is 36.0 Å². The number of hydrogen-bond acceptors (Lipinski definition) is 7. The van der Waals surface area contributed by atoms with Crippen LogP contribution in [0.25, 0.3) is 22.3 Å². The summed E-state index contributed by atoms with van der Waals surface area (Å²) in [5.41, 5.74) is 14.5. The Bertz CT molecular complexity index is 2670. The van der Waals surface area contributed by atoms with Crippen LogP contribution in [0.2, 0.25) is 0 Å². The van der Waals surface area contributed by atoms with Crippen LogP contribution in [0.1, 0.15) is 111 Å². The van der Waals surface area contributed by atoms with Crippen LogP contribution < -0.4 is 9.80 Å². The SMILES string of the molecule is O=C(c1ncc(F)cc1N1CCC2(CC(O)c3cc(-c4cccc5c4CCC5)ccc32)C1)c1ncc(F)cc1N1CCC2(CC(O)c3cc(-c4cccc5c4CCC5)ccc32)C1. The number of aromatic nitrogens is 2. The lowest BCUT2D eigenvalue weighted by Crippen LogP contribution is -2.31. The van der Waals surface area contributed by atoms with E-state index in [0.29, 0.717) is 50.4 Å². The molecule has 2 aliphatic heterocycles. The molecule has 6 aromatic rings. The number of hydrogen-bond donors (Lipinski definition) is 2. The molecule has 7 nitrogen and oxygen atoms in total. The first-order chi connectivity index (χ1) is 30.2. The number of nitrogens with zero attached hydrogens (tertiary/aromatic N) is 4. The van der Waals surface area contributed by atoms with Crippen molar-refractivity contribution in [1.29, 1.82) is 0 Å². The second-order valence-corrected chi connectivity index (χ2v) is 18.9. The van der Waals surface area contributed by atoms with Crippen LogP contribution in [-0.4, -0.2) is 52.1 Å². The van der Waals surface area contributed by atoms with Crippen molar-refractivity contribution in [3.05, 3.63) is 165 Å². The minimum atomic E-state index is -0.636. The molecule has 312 valence electrons. The van der Waals surface area contributed by atoms with E-state index in [2.05, 4.69) is 82.8 Å². The highest BCUT2D eigenvalue weighted by Gasteiger charge is 2.50. The van der Waals surface area contributed by atoms with E-state index in [0.717, 1.165) is 97.1 Å². The Hall–Kier alpha value is -5.77. The highest BCUT2D eigenvalue weighted by molar-refractivity contribution is 6.13. The van der Waals surface area contributed by atoms with Gasteiger partial charge < -0.3 is 20.0 Å². The summed E-state index contributed by atoms with van der Waals surface area (Å²) in [6.07, 6.45) is 10.0. The monoisotopic (exact) mass is 826 g/mol. The van der Waals surface area contributed by atoms with Gasteiger partial charge in [0.1, 0.15) is 23.0 Å². The van der Waals surface area contributed by atoms with Gasteiger partial charge in [-0.25, -0.2) is 18.7 Å². The van der Waals surface area contributed by atoms with Gasteiger partial charge in [0, 0.05) is 49.1 Å². The lowest BCUT2D eigenvalue weighted by atomic mass is 9.80. The molecule has 0 radical (unpaired) electrons. The summed E-state index contributed by atoms with van der Waals surface area (Å²) in [4.78, 5) is 27.6. The Morgan fingerprint density at radius 1 is 0.613 bits per heavy atom. The Morgan fingerprint density at radius 3 is 1.55 bits per heavy atom. The zero-order valence-electron chi connectivity index (χ0n) is 34.6. The van der Waals surface area contributed by atoms with E-state index in [1.54, 1.807) is 0 Å². The van der Waals surface area contributed by atoms with Gasteiger partial charge in [-0.05, 0) is 143 Å². The second kappa shape index (κ2) is 14.1. The molecule has 4 aromatic carbocycles. The van der Waals surface area contributed by atoms with Gasteiger partial charge in [0.15, 0.2) is 0 Å². The molecule has 4 aliphatic carbocycles. The smallest absolute Gasteiger partial charge is 0.233 e. The summed E-state index contributed by atoms with van der Waals surface area (Å²) in [5, 5.41) is 23.1. The molecular formula is C53H48F2N4O3. The Kier molecular flexibility index (Phi) is 8.65. The average molecular weight is 827 g/mol. The van der Waals surface area contributed by atoms with Crippen LogP contribution in [0, 0.1) is 11.6 Å². The quantitative estimate of drug-likeness (QED) is 0.162. The van der Waals surface area contributed by atoms with Crippen molar-refractivity contribution >= 4 is 17.2 Å². The van der Waals surface area contributed by atoms with E-state index in [1.165, 1.54) is 45.5 Å². The summed E-state index contributed by atoms with van der Waals surface area (Å²) in [5.74, 6) is -1.62. The predicted octanol–water partition coefficient (Wildman–Crippen LogP) is 9.47. The maximum Gasteiger partial charge on any atom is 0.233 e. The third kappa shape index (κ3) is 5.84. The number of halogens is 2. The van der Waals surface area contributed by atoms with Crippen molar-refractivity contribution < 1.29 is 23.8 Å². The number of pyridine rings is 2. The molecule has 6 aliphatic rings. The lowest BCUT2D eigenvalue weighted by Gasteiger charge is -2.28. The summed E-state index contributed by atoms with van der Waals surface area (Å²) in [6.45, 7) is 2.05. The molecule has 12 rings (SSSR count). The van der Waals surface area contributed by atoms with E-state index in [1.807, 2.05) is 9.80 Å². The normalized spacial score (nSPS) is 24.3. The highest BCUT2D eigenvalue weighted by atomic mass is 19.1. The number of rotatable bonds is 6. The summed E-state index contributed by atoms with van der Waals surface area (Å²) in [7, 11) is 0. The van der Waals surface area contributed by atoms with Gasteiger partial charge in [0.25, 0.3) is 0 Å². The molecule has 4 heterocycles. The number of aliphatic hydroxyl groups excluding tert-OH is 2. The molecular weight excluding hydrogens is 779 g/mol. The van der Waals surface area contributed by atoms with Crippen molar-refractivity contribution in [1.82, 2.24) is 9.97 Å². The number of carbonyl (C=O) groups excluding carboxylic acids is 1. The number of aliphatic hydroxyl groups is 2. The number of carbonyl (C=O) groups is 1. The van der Waals surface area contributed by atoms with Crippen LogP contribution >= 0.6 is 0 Å². The zero-order chi connectivity index (χ0) is 41.9. The number of fused-ring (bicyclic) bond motifs is 6. The fourth-order valence-electron chi connectivity index (χ4n) is 12.7. The number of aryl methyl sites for hydroxylation is 2. The maximum atomic E-state index is 15.2. The lowest BCUT2D eigenvalue weighted by molar-refractivity contribution is 0.103. The predicted molar refractivity (Wildman–Crippen MR) is 236 cm³/mol. The van der Waals surface area contributed by atoms with Crippen LogP contribution in [0.4, 0.5) is 20.2 Å². The van der Waals surface area contributed by atoms with E-state index in [-0.39, 0.29) is 22.2 Å². The van der Waals surface area contributed by atoms with Gasteiger partial charge in [-0.3, -0.25) is 4.79 Å². The largest absolute Gasteiger partial charge is 0.388 e. The number of anilines is 2. The van der Waals surface area contributed by atoms with Gasteiger partial charge in [-0.1, -0.05) is 60.7 Å². The summed E-state index contributed by atoms with van der Waals surface area (Å²) < 4.78 is 30.4.